The first-order chi connectivity index (χ1) is 12.4. The number of hydrogen-bond donors (Lipinski definition) is 2. The van der Waals surface area contributed by atoms with E-state index in [-0.39, 0.29) is 6.61 Å². The van der Waals surface area contributed by atoms with Gasteiger partial charge in [0, 0.05) is 18.7 Å². The van der Waals surface area contributed by atoms with E-state index >= 15 is 0 Å². The predicted octanol–water partition coefficient (Wildman–Crippen LogP) is 4.28. The highest BCUT2D eigenvalue weighted by Gasteiger charge is 2.09. The predicted molar refractivity (Wildman–Crippen MR) is 103 cm³/mol. The lowest BCUT2D eigenvalue weighted by Crippen LogP contribution is -2.16. The standard InChI is InChI=1S/C22H25NO2/c24-15-7-6-14-23-16-21-20-11-5-4-10-19(20)12-13-22(21)25-17-18-8-2-1-3-9-18/h1-5,8-13,23-24H,6-7,14-17H2. The fourth-order valence-electron chi connectivity index (χ4n) is 2.94. The maximum atomic E-state index is 8.90. The second-order valence-electron chi connectivity index (χ2n) is 6.15. The molecule has 0 aliphatic heterocycles. The molecule has 130 valence electrons. The molecule has 3 heteroatoms. The van der Waals surface area contributed by atoms with E-state index in [1.165, 1.54) is 16.3 Å². The van der Waals surface area contributed by atoms with Crippen LogP contribution in [-0.4, -0.2) is 18.3 Å². The molecule has 0 unspecified atom stereocenters. The molecule has 3 aromatic carbocycles. The third kappa shape index (κ3) is 4.81. The van der Waals surface area contributed by atoms with Gasteiger partial charge in [-0.2, -0.15) is 0 Å². The quantitative estimate of drug-likeness (QED) is 0.574. The molecule has 0 spiro atoms. The molecule has 0 saturated heterocycles. The number of aliphatic hydroxyl groups is 1. The Kier molecular flexibility index (Phi) is 6.43. The van der Waals surface area contributed by atoms with Crippen LogP contribution in [0.2, 0.25) is 0 Å². The van der Waals surface area contributed by atoms with Gasteiger partial charge < -0.3 is 15.2 Å². The van der Waals surface area contributed by atoms with Gasteiger partial charge in [0.25, 0.3) is 0 Å². The van der Waals surface area contributed by atoms with E-state index in [2.05, 4.69) is 53.8 Å². The number of benzene rings is 3. The molecular formula is C22H25NO2. The Bertz CT molecular complexity index is 786. The Morgan fingerprint density at radius 2 is 1.64 bits per heavy atom. The summed E-state index contributed by atoms with van der Waals surface area (Å²) < 4.78 is 6.13. The van der Waals surface area contributed by atoms with Crippen LogP contribution in [0.4, 0.5) is 0 Å². The van der Waals surface area contributed by atoms with Gasteiger partial charge in [-0.3, -0.25) is 0 Å². The van der Waals surface area contributed by atoms with Crippen molar-refractivity contribution in [3.05, 3.63) is 77.9 Å². The smallest absolute Gasteiger partial charge is 0.124 e. The Morgan fingerprint density at radius 1 is 0.840 bits per heavy atom. The van der Waals surface area contributed by atoms with Gasteiger partial charge in [-0.1, -0.05) is 60.7 Å². The van der Waals surface area contributed by atoms with Crippen LogP contribution < -0.4 is 10.1 Å². The molecule has 3 nitrogen and oxygen atoms in total. The average Bonchev–Trinajstić information content (AvgIpc) is 2.67. The highest BCUT2D eigenvalue weighted by Crippen LogP contribution is 2.28. The SMILES string of the molecule is OCCCCNCc1c(OCc2ccccc2)ccc2ccccc12. The highest BCUT2D eigenvalue weighted by atomic mass is 16.5. The van der Waals surface area contributed by atoms with Crippen molar-refractivity contribution in [1.29, 1.82) is 0 Å². The first-order valence-electron chi connectivity index (χ1n) is 8.87. The monoisotopic (exact) mass is 335 g/mol. The molecule has 0 aliphatic rings. The van der Waals surface area contributed by atoms with Crippen molar-refractivity contribution in [2.24, 2.45) is 0 Å². The summed E-state index contributed by atoms with van der Waals surface area (Å²) in [5.41, 5.74) is 2.36. The Morgan fingerprint density at radius 3 is 2.48 bits per heavy atom. The zero-order valence-electron chi connectivity index (χ0n) is 14.4. The molecule has 3 aromatic rings. The third-order valence-corrected chi connectivity index (χ3v) is 4.30. The van der Waals surface area contributed by atoms with Gasteiger partial charge in [-0.15, -0.1) is 0 Å². The average molecular weight is 335 g/mol. The van der Waals surface area contributed by atoms with Crippen molar-refractivity contribution in [1.82, 2.24) is 5.32 Å². The molecule has 0 aromatic heterocycles. The van der Waals surface area contributed by atoms with E-state index in [9.17, 15) is 0 Å². The molecule has 0 heterocycles. The van der Waals surface area contributed by atoms with E-state index in [4.69, 9.17) is 9.84 Å². The second kappa shape index (κ2) is 9.21. The molecule has 0 atom stereocenters. The molecule has 0 amide bonds. The summed E-state index contributed by atoms with van der Waals surface area (Å²) in [6.45, 7) is 2.47. The van der Waals surface area contributed by atoms with Crippen molar-refractivity contribution >= 4 is 10.8 Å². The zero-order valence-corrected chi connectivity index (χ0v) is 14.4. The van der Waals surface area contributed by atoms with Crippen molar-refractivity contribution in [2.75, 3.05) is 13.2 Å². The minimum Gasteiger partial charge on any atom is -0.489 e. The molecule has 0 fully saturated rings. The van der Waals surface area contributed by atoms with Crippen LogP contribution in [0, 0.1) is 0 Å². The number of ether oxygens (including phenoxy) is 1. The molecule has 0 aliphatic carbocycles. The summed E-state index contributed by atoms with van der Waals surface area (Å²) >= 11 is 0. The number of aliphatic hydroxyl groups excluding tert-OH is 1. The summed E-state index contributed by atoms with van der Waals surface area (Å²) in [6, 6.07) is 22.8. The lowest BCUT2D eigenvalue weighted by Gasteiger charge is -2.15. The summed E-state index contributed by atoms with van der Waals surface area (Å²) in [5.74, 6) is 0.928. The summed E-state index contributed by atoms with van der Waals surface area (Å²) in [4.78, 5) is 0. The number of hydrogen-bond acceptors (Lipinski definition) is 3. The molecule has 0 radical (unpaired) electrons. The summed E-state index contributed by atoms with van der Waals surface area (Å²) in [5, 5.41) is 14.8. The van der Waals surface area contributed by atoms with Crippen LogP contribution in [0.3, 0.4) is 0 Å². The fourth-order valence-corrected chi connectivity index (χ4v) is 2.94. The third-order valence-electron chi connectivity index (χ3n) is 4.30. The van der Waals surface area contributed by atoms with Gasteiger partial charge in [-0.25, -0.2) is 0 Å². The molecule has 0 bridgehead atoms. The van der Waals surface area contributed by atoms with Crippen LogP contribution in [0.25, 0.3) is 10.8 Å². The van der Waals surface area contributed by atoms with Crippen LogP contribution in [-0.2, 0) is 13.2 Å². The zero-order chi connectivity index (χ0) is 17.3. The summed E-state index contributed by atoms with van der Waals surface area (Å²) in [7, 11) is 0. The maximum absolute atomic E-state index is 8.90. The topological polar surface area (TPSA) is 41.5 Å². The van der Waals surface area contributed by atoms with Crippen molar-refractivity contribution in [2.45, 2.75) is 26.0 Å². The van der Waals surface area contributed by atoms with Gasteiger partial charge in [-0.05, 0) is 41.8 Å². The summed E-state index contributed by atoms with van der Waals surface area (Å²) in [6.07, 6.45) is 1.81. The lowest BCUT2D eigenvalue weighted by atomic mass is 10.0. The first kappa shape index (κ1) is 17.5. The number of rotatable bonds is 9. The van der Waals surface area contributed by atoms with Crippen molar-refractivity contribution in [3.8, 4) is 5.75 Å². The van der Waals surface area contributed by atoms with Gasteiger partial charge in [0.05, 0.1) is 0 Å². The van der Waals surface area contributed by atoms with E-state index in [1.807, 2.05) is 18.2 Å². The number of unbranched alkanes of at least 4 members (excludes halogenated alkanes) is 1. The Hall–Kier alpha value is -2.36. The molecule has 2 N–H and O–H groups in total. The van der Waals surface area contributed by atoms with E-state index in [0.29, 0.717) is 6.61 Å². The van der Waals surface area contributed by atoms with Gasteiger partial charge >= 0.3 is 0 Å². The van der Waals surface area contributed by atoms with Crippen molar-refractivity contribution in [3.63, 3.8) is 0 Å². The Balaban J connectivity index is 1.77. The van der Waals surface area contributed by atoms with Gasteiger partial charge in [0.1, 0.15) is 12.4 Å². The molecular weight excluding hydrogens is 310 g/mol. The second-order valence-corrected chi connectivity index (χ2v) is 6.15. The minimum absolute atomic E-state index is 0.251. The first-order valence-corrected chi connectivity index (χ1v) is 8.87. The van der Waals surface area contributed by atoms with Gasteiger partial charge in [0.2, 0.25) is 0 Å². The Labute approximate surface area is 149 Å². The van der Waals surface area contributed by atoms with E-state index in [1.54, 1.807) is 0 Å². The largest absolute Gasteiger partial charge is 0.489 e. The molecule has 0 saturated carbocycles. The highest BCUT2D eigenvalue weighted by molar-refractivity contribution is 5.87. The van der Waals surface area contributed by atoms with Crippen LogP contribution in [0.1, 0.15) is 24.0 Å². The van der Waals surface area contributed by atoms with Crippen LogP contribution in [0.5, 0.6) is 5.75 Å². The number of nitrogens with one attached hydrogen (secondary N) is 1. The molecule has 3 rings (SSSR count). The van der Waals surface area contributed by atoms with E-state index in [0.717, 1.165) is 37.2 Å². The lowest BCUT2D eigenvalue weighted by molar-refractivity contribution is 0.283. The van der Waals surface area contributed by atoms with Gasteiger partial charge in [0.15, 0.2) is 0 Å². The number of fused-ring (bicyclic) bond motifs is 1. The fraction of sp³-hybridized carbons (Fsp3) is 0.273. The van der Waals surface area contributed by atoms with E-state index < -0.39 is 0 Å². The minimum atomic E-state index is 0.251. The maximum Gasteiger partial charge on any atom is 0.124 e. The molecule has 25 heavy (non-hydrogen) atoms. The van der Waals surface area contributed by atoms with Crippen LogP contribution >= 0.6 is 0 Å². The van der Waals surface area contributed by atoms with Crippen molar-refractivity contribution < 1.29 is 9.84 Å². The van der Waals surface area contributed by atoms with Crippen LogP contribution in [0.15, 0.2) is 66.7 Å². The normalized spacial score (nSPS) is 10.9.